The average molecular weight is 335 g/mol. The van der Waals surface area contributed by atoms with Crippen LogP contribution < -0.4 is 0 Å². The first kappa shape index (κ1) is 12.4. The van der Waals surface area contributed by atoms with Crippen molar-refractivity contribution in [1.29, 1.82) is 0 Å². The quantitative estimate of drug-likeness (QED) is 0.697. The number of nitrogens with zero attached hydrogens (tertiary/aromatic N) is 3. The minimum atomic E-state index is 0.661. The first-order chi connectivity index (χ1) is 9.24. The highest BCUT2D eigenvalue weighted by Crippen LogP contribution is 2.21. The number of hydrogen-bond donors (Lipinski definition) is 0. The molecule has 1 heterocycles. The molecule has 3 aromatic rings. The highest BCUT2D eigenvalue weighted by Gasteiger charge is 2.10. The summed E-state index contributed by atoms with van der Waals surface area (Å²) in [5, 5.41) is 5.19. The van der Waals surface area contributed by atoms with Crippen LogP contribution in [0.2, 0.25) is 5.02 Å². The summed E-state index contributed by atoms with van der Waals surface area (Å²) >= 11 is 9.31. The highest BCUT2D eigenvalue weighted by atomic mass is 79.9. The second-order valence-corrected chi connectivity index (χ2v) is 5.10. The first-order valence-electron chi connectivity index (χ1n) is 5.68. The van der Waals surface area contributed by atoms with E-state index in [1.165, 1.54) is 0 Å². The molecule has 3 nitrogen and oxygen atoms in total. The van der Waals surface area contributed by atoms with Gasteiger partial charge in [-0.3, -0.25) is 0 Å². The van der Waals surface area contributed by atoms with Crippen LogP contribution in [0, 0.1) is 0 Å². The Kier molecular flexibility index (Phi) is 3.36. The maximum atomic E-state index is 5.88. The van der Waals surface area contributed by atoms with Gasteiger partial charge in [-0.15, -0.1) is 5.10 Å². The first-order valence-corrected chi connectivity index (χ1v) is 6.85. The van der Waals surface area contributed by atoms with Crippen molar-refractivity contribution in [2.24, 2.45) is 0 Å². The van der Waals surface area contributed by atoms with Crippen LogP contribution in [0.1, 0.15) is 0 Å². The molecule has 0 saturated heterocycles. The van der Waals surface area contributed by atoms with Gasteiger partial charge in [-0.05, 0) is 40.2 Å². The third kappa shape index (κ3) is 2.55. The molecule has 0 atom stereocenters. The molecular formula is C14H9BrClN3. The van der Waals surface area contributed by atoms with Crippen molar-refractivity contribution >= 4 is 27.5 Å². The fraction of sp³-hybridized carbons (Fsp3) is 0. The van der Waals surface area contributed by atoms with Crippen LogP contribution in [0.15, 0.2) is 59.3 Å². The summed E-state index contributed by atoms with van der Waals surface area (Å²) in [6.07, 6.45) is 0. The summed E-state index contributed by atoms with van der Waals surface area (Å²) in [5.74, 6) is 0.683. The van der Waals surface area contributed by atoms with E-state index in [1.54, 1.807) is 4.68 Å². The van der Waals surface area contributed by atoms with Crippen molar-refractivity contribution in [2.45, 2.75) is 0 Å². The van der Waals surface area contributed by atoms with Crippen LogP contribution in [0.4, 0.5) is 0 Å². The monoisotopic (exact) mass is 333 g/mol. The van der Waals surface area contributed by atoms with Gasteiger partial charge in [0.25, 0.3) is 0 Å². The Morgan fingerprint density at radius 2 is 1.63 bits per heavy atom. The second kappa shape index (κ2) is 5.15. The van der Waals surface area contributed by atoms with Crippen molar-refractivity contribution in [3.8, 4) is 17.1 Å². The Labute approximate surface area is 124 Å². The van der Waals surface area contributed by atoms with Crippen LogP contribution in [0.25, 0.3) is 17.1 Å². The topological polar surface area (TPSA) is 30.7 Å². The lowest BCUT2D eigenvalue weighted by atomic mass is 10.2. The predicted molar refractivity (Wildman–Crippen MR) is 79.5 cm³/mol. The van der Waals surface area contributed by atoms with E-state index >= 15 is 0 Å². The number of halogens is 2. The van der Waals surface area contributed by atoms with E-state index in [-0.39, 0.29) is 0 Å². The molecule has 3 rings (SSSR count). The predicted octanol–water partition coefficient (Wildman–Crippen LogP) is 4.35. The average Bonchev–Trinajstić information content (AvgIpc) is 2.83. The normalized spacial score (nSPS) is 10.6. The fourth-order valence-corrected chi connectivity index (χ4v) is 2.33. The Hall–Kier alpha value is -1.65. The molecule has 0 radical (unpaired) electrons. The molecule has 0 unspecified atom stereocenters. The van der Waals surface area contributed by atoms with Gasteiger partial charge in [0.15, 0.2) is 5.82 Å². The molecule has 5 heteroatoms. The van der Waals surface area contributed by atoms with Gasteiger partial charge in [-0.25, -0.2) is 9.67 Å². The summed E-state index contributed by atoms with van der Waals surface area (Å²) in [4.78, 5) is 4.42. The van der Waals surface area contributed by atoms with Crippen molar-refractivity contribution in [2.75, 3.05) is 0 Å². The molecule has 0 aliphatic heterocycles. The molecule has 0 aliphatic carbocycles. The lowest BCUT2D eigenvalue weighted by Gasteiger charge is -2.01. The van der Waals surface area contributed by atoms with E-state index in [4.69, 9.17) is 11.6 Å². The molecule has 0 spiro atoms. The Morgan fingerprint density at radius 1 is 0.947 bits per heavy atom. The van der Waals surface area contributed by atoms with Crippen LogP contribution >= 0.6 is 27.5 Å². The van der Waals surface area contributed by atoms with E-state index in [9.17, 15) is 0 Å². The minimum absolute atomic E-state index is 0.661. The van der Waals surface area contributed by atoms with Crippen LogP contribution in [-0.4, -0.2) is 14.8 Å². The lowest BCUT2D eigenvalue weighted by molar-refractivity contribution is 0.859. The molecule has 2 aromatic carbocycles. The summed E-state index contributed by atoms with van der Waals surface area (Å²) in [7, 11) is 0. The van der Waals surface area contributed by atoms with Gasteiger partial charge in [0.1, 0.15) is 0 Å². The third-order valence-corrected chi connectivity index (χ3v) is 3.44. The van der Waals surface area contributed by atoms with Crippen molar-refractivity contribution in [3.05, 3.63) is 64.4 Å². The van der Waals surface area contributed by atoms with Gasteiger partial charge in [0.2, 0.25) is 4.73 Å². The summed E-state index contributed by atoms with van der Waals surface area (Å²) in [6, 6.07) is 17.3. The standard InChI is InChI=1S/C14H9BrClN3/c15-14-17-13(10-4-2-1-3-5-10)18-19(14)12-8-6-11(16)7-9-12/h1-9H. The molecular weight excluding hydrogens is 326 g/mol. The van der Waals surface area contributed by atoms with Crippen LogP contribution in [0.3, 0.4) is 0 Å². The molecule has 94 valence electrons. The molecule has 0 fully saturated rings. The smallest absolute Gasteiger partial charge is 0.200 e. The zero-order valence-electron chi connectivity index (χ0n) is 9.79. The summed E-state index contributed by atoms with van der Waals surface area (Å²) < 4.78 is 2.40. The Bertz CT molecular complexity index is 692. The zero-order valence-corrected chi connectivity index (χ0v) is 12.1. The second-order valence-electron chi connectivity index (χ2n) is 3.96. The van der Waals surface area contributed by atoms with Crippen LogP contribution in [0.5, 0.6) is 0 Å². The van der Waals surface area contributed by atoms with Gasteiger partial charge >= 0.3 is 0 Å². The molecule has 1 aromatic heterocycles. The van der Waals surface area contributed by atoms with Gasteiger partial charge < -0.3 is 0 Å². The van der Waals surface area contributed by atoms with Gasteiger partial charge in [-0.1, -0.05) is 41.9 Å². The van der Waals surface area contributed by atoms with Crippen molar-refractivity contribution in [1.82, 2.24) is 14.8 Å². The molecule has 19 heavy (non-hydrogen) atoms. The Morgan fingerprint density at radius 3 is 2.32 bits per heavy atom. The van der Waals surface area contributed by atoms with Crippen molar-refractivity contribution in [3.63, 3.8) is 0 Å². The molecule has 0 aliphatic rings. The van der Waals surface area contributed by atoms with Gasteiger partial charge in [0.05, 0.1) is 5.69 Å². The summed E-state index contributed by atoms with van der Waals surface area (Å²) in [5.41, 5.74) is 1.89. The van der Waals surface area contributed by atoms with E-state index in [0.717, 1.165) is 11.3 Å². The van der Waals surface area contributed by atoms with Crippen molar-refractivity contribution < 1.29 is 0 Å². The highest BCUT2D eigenvalue weighted by molar-refractivity contribution is 9.10. The molecule has 0 bridgehead atoms. The molecule has 0 N–H and O–H groups in total. The summed E-state index contributed by atoms with van der Waals surface area (Å²) in [6.45, 7) is 0. The SMILES string of the molecule is Clc1ccc(-n2nc(-c3ccccc3)nc2Br)cc1. The van der Waals surface area contributed by atoms with E-state index in [0.29, 0.717) is 15.6 Å². The van der Waals surface area contributed by atoms with E-state index < -0.39 is 0 Å². The minimum Gasteiger partial charge on any atom is -0.207 e. The van der Waals surface area contributed by atoms with Gasteiger partial charge in [0, 0.05) is 10.6 Å². The van der Waals surface area contributed by atoms with E-state index in [1.807, 2.05) is 54.6 Å². The fourth-order valence-electron chi connectivity index (χ4n) is 1.75. The maximum Gasteiger partial charge on any atom is 0.200 e. The van der Waals surface area contributed by atoms with Gasteiger partial charge in [-0.2, -0.15) is 0 Å². The molecule has 0 amide bonds. The lowest BCUT2D eigenvalue weighted by Crippen LogP contribution is -1.96. The third-order valence-electron chi connectivity index (χ3n) is 2.67. The maximum absolute atomic E-state index is 5.88. The Balaban J connectivity index is 2.05. The van der Waals surface area contributed by atoms with E-state index in [2.05, 4.69) is 26.0 Å². The number of rotatable bonds is 2. The zero-order chi connectivity index (χ0) is 13.2. The number of benzene rings is 2. The number of aromatic nitrogens is 3. The number of hydrogen-bond acceptors (Lipinski definition) is 2. The largest absolute Gasteiger partial charge is 0.207 e. The molecule has 0 saturated carbocycles. The van der Waals surface area contributed by atoms with Crippen LogP contribution in [-0.2, 0) is 0 Å².